The SMILES string of the molecule is O=S(=O)(Nc1nccs1)c1ccc2c(c1)OCCC2Oc1ccc(Cl)cc1Cl. The maximum Gasteiger partial charge on any atom is 0.263 e. The second-order valence-corrected chi connectivity index (χ2v) is 9.38. The van der Waals surface area contributed by atoms with Crippen LogP contribution < -0.4 is 14.2 Å². The number of rotatable bonds is 5. The molecule has 0 aliphatic carbocycles. The van der Waals surface area contributed by atoms with E-state index < -0.39 is 10.0 Å². The molecule has 0 radical (unpaired) electrons. The van der Waals surface area contributed by atoms with E-state index in [1.165, 1.54) is 29.7 Å². The smallest absolute Gasteiger partial charge is 0.263 e. The molecule has 2 heterocycles. The number of nitrogens with zero attached hydrogens (tertiary/aromatic N) is 1. The Kier molecular flexibility index (Phi) is 5.37. The van der Waals surface area contributed by atoms with Crippen LogP contribution in [0.15, 0.2) is 52.9 Å². The molecule has 10 heteroatoms. The normalized spacial score (nSPS) is 16.1. The van der Waals surface area contributed by atoms with Crippen molar-refractivity contribution < 1.29 is 17.9 Å². The molecule has 0 amide bonds. The summed E-state index contributed by atoms with van der Waals surface area (Å²) in [7, 11) is -3.76. The van der Waals surface area contributed by atoms with Crippen LogP contribution in [0.25, 0.3) is 0 Å². The maximum absolute atomic E-state index is 12.6. The first-order chi connectivity index (χ1) is 13.4. The molecule has 0 bridgehead atoms. The van der Waals surface area contributed by atoms with Gasteiger partial charge in [-0.05, 0) is 24.3 Å². The molecule has 1 aliphatic heterocycles. The van der Waals surface area contributed by atoms with Gasteiger partial charge in [0.1, 0.15) is 17.6 Å². The lowest BCUT2D eigenvalue weighted by Gasteiger charge is -2.27. The van der Waals surface area contributed by atoms with Crippen LogP contribution in [0.5, 0.6) is 11.5 Å². The Balaban J connectivity index is 1.60. The zero-order valence-corrected chi connectivity index (χ0v) is 17.4. The van der Waals surface area contributed by atoms with Crippen molar-refractivity contribution in [1.82, 2.24) is 4.98 Å². The molecule has 1 unspecified atom stereocenters. The standard InChI is InChI=1S/C18H14Cl2N2O4S2/c19-11-1-4-16(14(20)9-11)26-15-5-7-25-17-10-12(2-3-13(15)17)28(23,24)22-18-21-6-8-27-18/h1-4,6,8-10,15H,5,7H2,(H,21,22). The second-order valence-electron chi connectivity index (χ2n) is 5.96. The predicted octanol–water partition coefficient (Wildman–Crippen LogP) is 5.15. The van der Waals surface area contributed by atoms with Gasteiger partial charge in [0.05, 0.1) is 16.5 Å². The summed E-state index contributed by atoms with van der Waals surface area (Å²) in [4.78, 5) is 4.03. The van der Waals surface area contributed by atoms with Gasteiger partial charge in [0.15, 0.2) is 5.13 Å². The van der Waals surface area contributed by atoms with E-state index in [4.69, 9.17) is 32.7 Å². The molecule has 1 atom stereocenters. The Morgan fingerprint density at radius 1 is 1.21 bits per heavy atom. The van der Waals surface area contributed by atoms with E-state index in [-0.39, 0.29) is 11.0 Å². The minimum Gasteiger partial charge on any atom is -0.493 e. The maximum atomic E-state index is 12.6. The highest BCUT2D eigenvalue weighted by molar-refractivity contribution is 7.93. The third-order valence-corrected chi connectivity index (χ3v) is 6.78. The van der Waals surface area contributed by atoms with Crippen molar-refractivity contribution >= 4 is 49.7 Å². The zero-order valence-electron chi connectivity index (χ0n) is 14.3. The molecule has 0 saturated heterocycles. The molecule has 146 valence electrons. The van der Waals surface area contributed by atoms with Crippen molar-refractivity contribution in [2.75, 3.05) is 11.3 Å². The molecule has 1 aromatic heterocycles. The average molecular weight is 457 g/mol. The topological polar surface area (TPSA) is 77.5 Å². The van der Waals surface area contributed by atoms with Crippen molar-refractivity contribution in [3.05, 3.63) is 63.6 Å². The molecule has 0 saturated carbocycles. The van der Waals surface area contributed by atoms with Crippen LogP contribution in [0.3, 0.4) is 0 Å². The van der Waals surface area contributed by atoms with Crippen LogP contribution >= 0.6 is 34.5 Å². The minimum absolute atomic E-state index is 0.0895. The van der Waals surface area contributed by atoms with E-state index >= 15 is 0 Å². The van der Waals surface area contributed by atoms with Gasteiger partial charge >= 0.3 is 0 Å². The minimum atomic E-state index is -3.76. The van der Waals surface area contributed by atoms with Gasteiger partial charge in [-0.3, -0.25) is 4.72 Å². The number of anilines is 1. The van der Waals surface area contributed by atoms with E-state index in [0.29, 0.717) is 39.7 Å². The van der Waals surface area contributed by atoms with Crippen molar-refractivity contribution in [3.63, 3.8) is 0 Å². The second kappa shape index (κ2) is 7.79. The molecule has 6 nitrogen and oxygen atoms in total. The van der Waals surface area contributed by atoms with Crippen LogP contribution in [0.4, 0.5) is 5.13 Å². The summed E-state index contributed by atoms with van der Waals surface area (Å²) in [5.74, 6) is 0.967. The van der Waals surface area contributed by atoms with Gasteiger partial charge in [-0.1, -0.05) is 29.3 Å². The third-order valence-electron chi connectivity index (χ3n) is 4.10. The first-order valence-electron chi connectivity index (χ1n) is 8.23. The lowest BCUT2D eigenvalue weighted by atomic mass is 10.0. The van der Waals surface area contributed by atoms with Gasteiger partial charge in [-0.25, -0.2) is 13.4 Å². The Morgan fingerprint density at radius 3 is 2.82 bits per heavy atom. The highest BCUT2D eigenvalue weighted by atomic mass is 35.5. The predicted molar refractivity (Wildman–Crippen MR) is 109 cm³/mol. The van der Waals surface area contributed by atoms with Crippen LogP contribution in [0.2, 0.25) is 10.0 Å². The highest BCUT2D eigenvalue weighted by Crippen LogP contribution is 2.39. The molecule has 28 heavy (non-hydrogen) atoms. The fourth-order valence-corrected chi connectivity index (χ4v) is 5.06. The lowest BCUT2D eigenvalue weighted by molar-refractivity contribution is 0.136. The number of benzene rings is 2. The fraction of sp³-hybridized carbons (Fsp3) is 0.167. The van der Waals surface area contributed by atoms with Crippen LogP contribution in [0.1, 0.15) is 18.1 Å². The van der Waals surface area contributed by atoms with Crippen molar-refractivity contribution in [1.29, 1.82) is 0 Å². The van der Waals surface area contributed by atoms with E-state index in [0.717, 1.165) is 5.56 Å². The summed E-state index contributed by atoms with van der Waals surface area (Å²) >= 11 is 13.3. The first-order valence-corrected chi connectivity index (χ1v) is 11.3. The van der Waals surface area contributed by atoms with Gasteiger partial charge in [-0.2, -0.15) is 0 Å². The number of halogens is 2. The molecule has 0 spiro atoms. The summed E-state index contributed by atoms with van der Waals surface area (Å²) in [6.45, 7) is 0.395. The van der Waals surface area contributed by atoms with E-state index in [2.05, 4.69) is 9.71 Å². The Bertz CT molecular complexity index is 1100. The number of ether oxygens (including phenoxy) is 2. The average Bonchev–Trinajstić information content (AvgIpc) is 3.16. The molecular weight excluding hydrogens is 443 g/mol. The third kappa shape index (κ3) is 4.05. The summed E-state index contributed by atoms with van der Waals surface area (Å²) in [6.07, 6.45) is 1.82. The van der Waals surface area contributed by atoms with Gasteiger partial charge in [0.2, 0.25) is 0 Å². The number of nitrogens with one attached hydrogen (secondary N) is 1. The van der Waals surface area contributed by atoms with E-state index in [9.17, 15) is 8.42 Å². The van der Waals surface area contributed by atoms with Gasteiger partial charge in [-0.15, -0.1) is 11.3 Å². The Morgan fingerprint density at radius 2 is 2.07 bits per heavy atom. The number of hydrogen-bond acceptors (Lipinski definition) is 6. The van der Waals surface area contributed by atoms with Crippen molar-refractivity contribution in [2.45, 2.75) is 17.4 Å². The van der Waals surface area contributed by atoms with Crippen molar-refractivity contribution in [3.8, 4) is 11.5 Å². The lowest BCUT2D eigenvalue weighted by Crippen LogP contribution is -2.20. The number of hydrogen-bond donors (Lipinski definition) is 1. The first kappa shape index (κ1) is 19.3. The molecular formula is C18H14Cl2N2O4S2. The largest absolute Gasteiger partial charge is 0.493 e. The zero-order chi connectivity index (χ0) is 19.7. The van der Waals surface area contributed by atoms with E-state index in [1.807, 2.05) is 0 Å². The number of fused-ring (bicyclic) bond motifs is 1. The van der Waals surface area contributed by atoms with Crippen LogP contribution in [0, 0.1) is 0 Å². The molecule has 1 N–H and O–H groups in total. The molecule has 1 aliphatic rings. The number of sulfonamides is 1. The summed E-state index contributed by atoms with van der Waals surface area (Å²) in [5, 5.41) is 2.93. The summed E-state index contributed by atoms with van der Waals surface area (Å²) < 4.78 is 39.3. The van der Waals surface area contributed by atoms with Crippen LogP contribution in [-0.4, -0.2) is 20.0 Å². The van der Waals surface area contributed by atoms with Gasteiger partial charge in [0, 0.05) is 34.7 Å². The van der Waals surface area contributed by atoms with Crippen LogP contribution in [-0.2, 0) is 10.0 Å². The van der Waals surface area contributed by atoms with Gasteiger partial charge < -0.3 is 9.47 Å². The highest BCUT2D eigenvalue weighted by Gasteiger charge is 2.26. The van der Waals surface area contributed by atoms with Gasteiger partial charge in [0.25, 0.3) is 10.0 Å². The molecule has 4 rings (SSSR count). The Hall–Kier alpha value is -2.00. The fourth-order valence-electron chi connectivity index (χ4n) is 2.80. The number of thiazole rings is 1. The summed E-state index contributed by atoms with van der Waals surface area (Å²) in [5.41, 5.74) is 0.755. The quantitative estimate of drug-likeness (QED) is 0.573. The molecule has 2 aromatic carbocycles. The molecule has 3 aromatic rings. The van der Waals surface area contributed by atoms with Crippen molar-refractivity contribution in [2.24, 2.45) is 0 Å². The van der Waals surface area contributed by atoms with E-state index in [1.54, 1.807) is 29.6 Å². The molecule has 0 fully saturated rings. The summed E-state index contributed by atoms with van der Waals surface area (Å²) in [6, 6.07) is 9.71. The monoisotopic (exact) mass is 456 g/mol. The number of aromatic nitrogens is 1. The Labute approximate surface area is 176 Å².